The molecule has 0 aromatic carbocycles. The Labute approximate surface area is 203 Å². The number of pyridine rings is 1. The molecule has 5 heterocycles. The van der Waals surface area contributed by atoms with Crippen LogP contribution < -0.4 is 4.90 Å². The molecule has 2 fully saturated rings. The van der Waals surface area contributed by atoms with Crippen molar-refractivity contribution < 1.29 is 4.79 Å². The Morgan fingerprint density at radius 3 is 2.60 bits per heavy atom. The summed E-state index contributed by atoms with van der Waals surface area (Å²) < 4.78 is 3.47. The van der Waals surface area contributed by atoms with Crippen LogP contribution in [0.4, 0.5) is 5.82 Å². The normalized spacial score (nSPS) is 23.5. The molecule has 1 unspecified atom stereocenters. The summed E-state index contributed by atoms with van der Waals surface area (Å²) >= 11 is 0. The number of nitriles is 1. The van der Waals surface area contributed by atoms with E-state index in [1.54, 1.807) is 21.6 Å². The van der Waals surface area contributed by atoms with Crippen LogP contribution in [0, 0.1) is 28.6 Å². The largest absolute Gasteiger partial charge is 0.355 e. The van der Waals surface area contributed by atoms with Gasteiger partial charge in [-0.3, -0.25) is 9.67 Å². The fourth-order valence-electron chi connectivity index (χ4n) is 6.04. The van der Waals surface area contributed by atoms with Gasteiger partial charge in [-0.2, -0.15) is 15.5 Å². The molecular weight excluding hydrogens is 440 g/mol. The van der Waals surface area contributed by atoms with Crippen molar-refractivity contribution in [2.24, 2.45) is 24.3 Å². The zero-order chi connectivity index (χ0) is 24.2. The van der Waals surface area contributed by atoms with Crippen LogP contribution in [0.25, 0.3) is 28.0 Å². The number of hydrogen-bond acceptors (Lipinski definition) is 7. The van der Waals surface area contributed by atoms with E-state index in [9.17, 15) is 10.1 Å². The summed E-state index contributed by atoms with van der Waals surface area (Å²) in [5.74, 6) is 2.06. The second-order valence-electron chi connectivity index (χ2n) is 10.3. The van der Waals surface area contributed by atoms with Crippen molar-refractivity contribution in [2.75, 3.05) is 18.0 Å². The molecule has 176 valence electrons. The number of nitrogens with zero attached hydrogens (tertiary/aromatic N) is 8. The first-order valence-corrected chi connectivity index (χ1v) is 11.9. The van der Waals surface area contributed by atoms with Crippen molar-refractivity contribution in [3.8, 4) is 28.6 Å². The molecule has 35 heavy (non-hydrogen) atoms. The molecule has 3 atom stereocenters. The van der Waals surface area contributed by atoms with Crippen LogP contribution in [0.15, 0.2) is 43.1 Å². The lowest BCUT2D eigenvalue weighted by Crippen LogP contribution is -2.25. The molecule has 2 aliphatic rings. The first-order valence-electron chi connectivity index (χ1n) is 11.9. The summed E-state index contributed by atoms with van der Waals surface area (Å²) in [5, 5.41) is 18.5. The van der Waals surface area contributed by atoms with Crippen molar-refractivity contribution in [1.29, 1.82) is 5.26 Å². The molecule has 9 nitrogen and oxygen atoms in total. The quantitative estimate of drug-likeness (QED) is 0.415. The summed E-state index contributed by atoms with van der Waals surface area (Å²) in [6, 6.07) is 6.18. The number of carbonyl (C=O) groups excluding carboxylic acids is 1. The zero-order valence-electron chi connectivity index (χ0n) is 19.8. The van der Waals surface area contributed by atoms with Gasteiger partial charge in [0, 0.05) is 50.1 Å². The van der Waals surface area contributed by atoms with Gasteiger partial charge in [0.2, 0.25) is 0 Å². The van der Waals surface area contributed by atoms with Crippen molar-refractivity contribution in [1.82, 2.24) is 29.4 Å². The van der Waals surface area contributed by atoms with Crippen LogP contribution >= 0.6 is 0 Å². The molecule has 4 aromatic rings. The maximum Gasteiger partial charge on any atom is 0.147 e. The molecule has 0 radical (unpaired) electrons. The van der Waals surface area contributed by atoms with Gasteiger partial charge in [0.1, 0.15) is 18.2 Å². The Morgan fingerprint density at radius 2 is 1.97 bits per heavy atom. The predicted molar refractivity (Wildman–Crippen MR) is 130 cm³/mol. The van der Waals surface area contributed by atoms with E-state index in [1.165, 1.54) is 0 Å². The Morgan fingerprint density at radius 1 is 1.17 bits per heavy atom. The second-order valence-corrected chi connectivity index (χ2v) is 10.3. The molecule has 0 bridgehead atoms. The third kappa shape index (κ3) is 3.66. The predicted octanol–water partition coefficient (Wildman–Crippen LogP) is 3.50. The SMILES string of the molecule is Cn1ccc(-c2cc(-c3cnc(N4C[C@@H]5CC(C)(CC=O)C[C@@H]5C4)cn3)c3c(C#N)cnn3c2)n1. The highest BCUT2D eigenvalue weighted by Crippen LogP contribution is 2.50. The molecule has 0 N–H and O–H groups in total. The third-order valence-corrected chi connectivity index (χ3v) is 7.64. The second kappa shape index (κ2) is 8.01. The van der Waals surface area contributed by atoms with E-state index in [-0.39, 0.29) is 5.41 Å². The van der Waals surface area contributed by atoms with E-state index in [2.05, 4.69) is 28.1 Å². The van der Waals surface area contributed by atoms with Gasteiger partial charge in [-0.25, -0.2) is 9.50 Å². The fraction of sp³-hybridized carbons (Fsp3) is 0.385. The van der Waals surface area contributed by atoms with E-state index in [0.29, 0.717) is 35.0 Å². The third-order valence-electron chi connectivity index (χ3n) is 7.64. The first kappa shape index (κ1) is 21.5. The molecule has 1 aliphatic heterocycles. The minimum absolute atomic E-state index is 0.145. The Balaban J connectivity index is 1.31. The van der Waals surface area contributed by atoms with Crippen molar-refractivity contribution >= 4 is 17.6 Å². The maximum absolute atomic E-state index is 11.1. The van der Waals surface area contributed by atoms with Crippen molar-refractivity contribution in [3.05, 3.63) is 48.7 Å². The number of fused-ring (bicyclic) bond motifs is 2. The van der Waals surface area contributed by atoms with E-state index < -0.39 is 0 Å². The van der Waals surface area contributed by atoms with Gasteiger partial charge < -0.3 is 9.69 Å². The number of carbonyl (C=O) groups is 1. The molecule has 4 aromatic heterocycles. The van der Waals surface area contributed by atoms with Crippen LogP contribution in [-0.2, 0) is 11.8 Å². The van der Waals surface area contributed by atoms with Gasteiger partial charge in [0.05, 0.1) is 41.1 Å². The Bertz CT molecular complexity index is 1450. The maximum atomic E-state index is 11.1. The van der Waals surface area contributed by atoms with Crippen molar-refractivity contribution in [2.45, 2.75) is 26.2 Å². The van der Waals surface area contributed by atoms with E-state index in [4.69, 9.17) is 9.97 Å². The summed E-state index contributed by atoms with van der Waals surface area (Å²) in [6.45, 7) is 4.14. The van der Waals surface area contributed by atoms with Crippen LogP contribution in [0.1, 0.15) is 31.7 Å². The fourth-order valence-corrected chi connectivity index (χ4v) is 6.04. The Kier molecular flexibility index (Phi) is 4.92. The van der Waals surface area contributed by atoms with Crippen molar-refractivity contribution in [3.63, 3.8) is 0 Å². The van der Waals surface area contributed by atoms with Gasteiger partial charge in [0.15, 0.2) is 0 Å². The summed E-state index contributed by atoms with van der Waals surface area (Å²) in [6.07, 6.45) is 12.9. The summed E-state index contributed by atoms with van der Waals surface area (Å²) in [4.78, 5) is 22.9. The molecule has 1 saturated heterocycles. The van der Waals surface area contributed by atoms with Gasteiger partial charge >= 0.3 is 0 Å². The highest BCUT2D eigenvalue weighted by atomic mass is 16.1. The number of aryl methyl sites for hydroxylation is 1. The number of hydrogen-bond donors (Lipinski definition) is 0. The lowest BCUT2D eigenvalue weighted by Gasteiger charge is -2.25. The molecule has 0 amide bonds. The Hall–Kier alpha value is -4.06. The molecule has 1 saturated carbocycles. The van der Waals surface area contributed by atoms with Crippen LogP contribution in [-0.4, -0.2) is 48.7 Å². The monoisotopic (exact) mass is 466 g/mol. The van der Waals surface area contributed by atoms with Crippen LogP contribution in [0.2, 0.25) is 0 Å². The van der Waals surface area contributed by atoms with Gasteiger partial charge in [0.25, 0.3) is 0 Å². The first-order chi connectivity index (χ1) is 17.0. The van der Waals surface area contributed by atoms with Gasteiger partial charge in [-0.15, -0.1) is 0 Å². The minimum Gasteiger partial charge on any atom is -0.355 e. The standard InChI is InChI=1S/C26H26N8O/c1-26(4-6-35)8-18-14-33(15-19(18)9-26)24-13-28-23(12-29-24)21-7-17(22-3-5-32(2)31-22)16-34-25(21)20(10-27)11-30-34/h3,5-7,11-13,16,18-19H,4,8-9,14-15H2,1-2H3/t18-,19+,26?. The highest BCUT2D eigenvalue weighted by Gasteiger charge is 2.46. The number of aldehydes is 1. The van der Waals surface area contributed by atoms with E-state index in [1.807, 2.05) is 37.8 Å². The molecular formula is C26H26N8O. The molecule has 6 rings (SSSR count). The molecule has 0 spiro atoms. The van der Waals surface area contributed by atoms with Crippen LogP contribution in [0.5, 0.6) is 0 Å². The minimum atomic E-state index is 0.145. The lowest BCUT2D eigenvalue weighted by atomic mass is 9.84. The van der Waals surface area contributed by atoms with Gasteiger partial charge in [-0.1, -0.05) is 6.92 Å². The molecule has 9 heteroatoms. The number of aromatic nitrogens is 6. The highest BCUT2D eigenvalue weighted by molar-refractivity contribution is 5.85. The van der Waals surface area contributed by atoms with E-state index in [0.717, 1.165) is 54.9 Å². The molecule has 1 aliphatic carbocycles. The lowest BCUT2D eigenvalue weighted by molar-refractivity contribution is -0.109. The number of rotatable bonds is 5. The smallest absolute Gasteiger partial charge is 0.147 e. The van der Waals surface area contributed by atoms with Gasteiger partial charge in [-0.05, 0) is 42.2 Å². The van der Waals surface area contributed by atoms with Crippen LogP contribution in [0.3, 0.4) is 0 Å². The summed E-state index contributed by atoms with van der Waals surface area (Å²) in [7, 11) is 1.88. The topological polar surface area (TPSA) is 105 Å². The number of anilines is 1. The zero-order valence-corrected chi connectivity index (χ0v) is 19.8. The average molecular weight is 467 g/mol. The summed E-state index contributed by atoms with van der Waals surface area (Å²) in [5.41, 5.74) is 4.53. The average Bonchev–Trinajstić information content (AvgIpc) is 3.61. The van der Waals surface area contributed by atoms with E-state index >= 15 is 0 Å².